The van der Waals surface area contributed by atoms with Crippen molar-refractivity contribution in [1.82, 2.24) is 15.3 Å². The smallest absolute Gasteiger partial charge is 0.161 e. The van der Waals surface area contributed by atoms with E-state index in [0.29, 0.717) is 31.6 Å². The summed E-state index contributed by atoms with van der Waals surface area (Å²) in [5, 5.41) is 40.6. The van der Waals surface area contributed by atoms with E-state index in [1.54, 1.807) is 0 Å². The number of Topliss-reactive ketones (excluding diaryl/α,β-unsaturated/α-hetero) is 1. The van der Waals surface area contributed by atoms with E-state index in [4.69, 9.17) is 10.2 Å². The molecule has 2 aliphatic carbocycles. The Morgan fingerprint density at radius 1 is 0.863 bits per heavy atom. The van der Waals surface area contributed by atoms with Crippen molar-refractivity contribution >= 4 is 33.1 Å². The van der Waals surface area contributed by atoms with Gasteiger partial charge < -0.3 is 25.5 Å². The number of piperidine rings is 2. The van der Waals surface area contributed by atoms with Crippen molar-refractivity contribution in [1.29, 1.82) is 0 Å². The van der Waals surface area contributed by atoms with Gasteiger partial charge in [-0.3, -0.25) is 14.6 Å². The van der Waals surface area contributed by atoms with Gasteiger partial charge in [0.15, 0.2) is 5.78 Å². The van der Waals surface area contributed by atoms with Crippen molar-refractivity contribution in [2.75, 3.05) is 32.2 Å². The van der Waals surface area contributed by atoms with Crippen LogP contribution in [0.15, 0.2) is 106 Å². The number of aliphatic hydroxyl groups excluding tert-OH is 2. The third-order valence-corrected chi connectivity index (χ3v) is 12.0. The van der Waals surface area contributed by atoms with Crippen LogP contribution < -0.4 is 10.4 Å². The molecular weight excluding hydrogens is 710 g/mol. The van der Waals surface area contributed by atoms with Gasteiger partial charge >= 0.3 is 0 Å². The maximum atomic E-state index is 14.6. The zero-order chi connectivity index (χ0) is 36.5. The number of hydroxylamine groups is 1. The average molecular weight is 761 g/mol. The first-order valence-electron chi connectivity index (χ1n) is 17.7. The number of likely N-dealkylation sites (tertiary alicyclic amines) is 2. The third-order valence-electron chi connectivity index (χ3n) is 11.5. The maximum Gasteiger partial charge on any atom is 0.161 e. The molecule has 5 aliphatic rings. The number of ketones is 1. The Bertz CT molecular complexity index is 1740. The average Bonchev–Trinajstić information content (AvgIpc) is 3.14. The molecule has 1 saturated carbocycles. The number of nitrogens with one attached hydrogen (secondary N) is 1. The van der Waals surface area contributed by atoms with Crippen LogP contribution in [0.3, 0.4) is 0 Å². The lowest BCUT2D eigenvalue weighted by atomic mass is 9.48. The summed E-state index contributed by atoms with van der Waals surface area (Å²) in [7, 11) is 2.00. The molecule has 0 amide bonds. The highest BCUT2D eigenvalue weighted by Gasteiger charge is 2.72. The number of benzene rings is 3. The highest BCUT2D eigenvalue weighted by Crippen LogP contribution is 2.62. The Labute approximate surface area is 309 Å². The van der Waals surface area contributed by atoms with Gasteiger partial charge in [-0.15, -0.1) is 0 Å². The van der Waals surface area contributed by atoms with Crippen molar-refractivity contribution in [3.8, 4) is 0 Å². The number of halogens is 1. The fourth-order valence-electron chi connectivity index (χ4n) is 9.96. The molecule has 2 saturated heterocycles. The minimum absolute atomic E-state index is 0.0944. The quantitative estimate of drug-likeness (QED) is 0.160. The molecule has 0 aromatic heterocycles. The van der Waals surface area contributed by atoms with Crippen LogP contribution in [0.25, 0.3) is 0 Å². The van der Waals surface area contributed by atoms with E-state index in [9.17, 15) is 15.2 Å². The maximum absolute atomic E-state index is 14.6. The largest absolute Gasteiger partial charge is 0.411 e. The molecule has 3 aromatic carbocycles. The zero-order valence-corrected chi connectivity index (χ0v) is 31.4. The standard InChI is InChI=1S/C38H42BrN5O3.2CH4O/c1-37(2)19-30-32(31(45)20-37)33-28-23-43(22-25-11-7-4-8-12-25)36(44(30)27-15-13-26(39)14-16-27)38(33,41-47)29-17-18-42(35(28)34(29)40-46)21-24-9-5-3-6-10-24;2*1-2/h3-16,28-29,33,35-36,41,46-47H,17-23H2,1-2H3;2*2H,1H3/b40-34+;;/t28-,29+,33-,35+,36+,38+;;/m0../s1. The molecule has 11 heteroatoms. The normalized spacial score (nSPS) is 30.1. The van der Waals surface area contributed by atoms with Crippen LogP contribution in [0.4, 0.5) is 5.69 Å². The molecule has 0 unspecified atom stereocenters. The van der Waals surface area contributed by atoms with Crippen LogP contribution in [-0.2, 0) is 17.9 Å². The van der Waals surface area contributed by atoms with Crippen LogP contribution >= 0.6 is 15.9 Å². The second kappa shape index (κ2) is 15.3. The number of fused-ring (bicyclic) bond motifs is 3. The van der Waals surface area contributed by atoms with Crippen LogP contribution in [0.5, 0.6) is 0 Å². The van der Waals surface area contributed by atoms with Crippen LogP contribution in [-0.4, -0.2) is 87.0 Å². The lowest BCUT2D eigenvalue weighted by Gasteiger charge is -2.71. The number of oxime groups is 1. The van der Waals surface area contributed by atoms with Crippen molar-refractivity contribution in [3.05, 3.63) is 112 Å². The van der Waals surface area contributed by atoms with Crippen molar-refractivity contribution < 1.29 is 25.4 Å². The number of rotatable bonds is 6. The third kappa shape index (κ3) is 6.37. The molecule has 3 fully saturated rings. The van der Waals surface area contributed by atoms with Crippen molar-refractivity contribution in [2.24, 2.45) is 28.3 Å². The van der Waals surface area contributed by atoms with Crippen molar-refractivity contribution in [3.63, 3.8) is 0 Å². The monoisotopic (exact) mass is 759 g/mol. The van der Waals surface area contributed by atoms with Gasteiger partial charge in [0.25, 0.3) is 0 Å². The molecule has 8 rings (SSSR count). The van der Waals surface area contributed by atoms with Gasteiger partial charge in [-0.25, -0.2) is 0 Å². The number of carbonyl (C=O) groups excluding carboxylic acids is 1. The van der Waals surface area contributed by atoms with E-state index in [-0.39, 0.29) is 41.2 Å². The molecule has 10 nitrogen and oxygen atoms in total. The van der Waals surface area contributed by atoms with Gasteiger partial charge in [-0.1, -0.05) is 95.6 Å². The van der Waals surface area contributed by atoms with Gasteiger partial charge in [0, 0.05) is 79.5 Å². The predicted octanol–water partition coefficient (Wildman–Crippen LogP) is 5.66. The molecule has 3 heterocycles. The van der Waals surface area contributed by atoms with Crippen molar-refractivity contribution in [2.45, 2.75) is 63.9 Å². The number of nitrogens with zero attached hydrogens (tertiary/aromatic N) is 4. The first-order valence-corrected chi connectivity index (χ1v) is 18.4. The highest BCUT2D eigenvalue weighted by atomic mass is 79.9. The minimum atomic E-state index is -0.988. The molecule has 6 bridgehead atoms. The number of carbonyl (C=O) groups is 1. The summed E-state index contributed by atoms with van der Waals surface area (Å²) in [6, 6.07) is 29.1. The van der Waals surface area contributed by atoms with Crippen LogP contribution in [0.1, 0.15) is 44.2 Å². The molecule has 0 radical (unpaired) electrons. The number of hydrogen-bond acceptors (Lipinski definition) is 10. The Morgan fingerprint density at radius 3 is 2.02 bits per heavy atom. The molecule has 3 aliphatic heterocycles. The fourth-order valence-corrected chi connectivity index (χ4v) is 10.2. The lowest BCUT2D eigenvalue weighted by Crippen LogP contribution is -2.86. The van der Waals surface area contributed by atoms with Gasteiger partial charge in [0.2, 0.25) is 0 Å². The Kier molecular flexibility index (Phi) is 11.2. The van der Waals surface area contributed by atoms with E-state index < -0.39 is 5.54 Å². The van der Waals surface area contributed by atoms with E-state index >= 15 is 0 Å². The number of allylic oxidation sites excluding steroid dienone is 1. The van der Waals surface area contributed by atoms with E-state index in [0.717, 1.165) is 55.2 Å². The molecule has 6 atom stereocenters. The summed E-state index contributed by atoms with van der Waals surface area (Å²) in [4.78, 5) is 21.9. The van der Waals surface area contributed by atoms with Gasteiger partial charge in [-0.05, 0) is 60.2 Å². The topological polar surface area (TPSA) is 132 Å². The van der Waals surface area contributed by atoms with E-state index in [2.05, 4.69) is 116 Å². The first kappa shape index (κ1) is 37.3. The summed E-state index contributed by atoms with van der Waals surface area (Å²) in [5.41, 5.74) is 7.75. The molecule has 3 aromatic rings. The number of anilines is 1. The Hall–Kier alpha value is -3.42. The predicted molar refractivity (Wildman–Crippen MR) is 201 cm³/mol. The molecule has 272 valence electrons. The Balaban J connectivity index is 0.00000108. The van der Waals surface area contributed by atoms with Crippen LogP contribution in [0.2, 0.25) is 0 Å². The van der Waals surface area contributed by atoms with E-state index in [1.165, 1.54) is 11.1 Å². The minimum Gasteiger partial charge on any atom is -0.411 e. The number of aliphatic hydroxyl groups is 2. The first-order chi connectivity index (χ1) is 24.8. The summed E-state index contributed by atoms with van der Waals surface area (Å²) in [6.45, 7) is 7.25. The fraction of sp³-hybridized carbons (Fsp3) is 0.450. The molecule has 51 heavy (non-hydrogen) atoms. The number of hydrogen-bond donors (Lipinski definition) is 5. The van der Waals surface area contributed by atoms with Crippen LogP contribution in [0, 0.1) is 23.2 Å². The highest BCUT2D eigenvalue weighted by molar-refractivity contribution is 9.10. The van der Waals surface area contributed by atoms with E-state index in [1.807, 2.05) is 24.3 Å². The Morgan fingerprint density at radius 2 is 1.45 bits per heavy atom. The summed E-state index contributed by atoms with van der Waals surface area (Å²) in [6.07, 6.45) is 1.56. The zero-order valence-electron chi connectivity index (χ0n) is 29.8. The second-order valence-electron chi connectivity index (χ2n) is 14.9. The molecule has 0 spiro atoms. The SMILES string of the molecule is CC1(C)CC(=O)C2=C(C1)N(c1ccc(Br)cc1)[C@H]1N(Cc3ccccc3)C[C@H]3[C@@H]2[C@]1(NO)[C@@H]1CCN(Cc2ccccc2)[C@H]3/C1=N/O.CO.CO. The second-order valence-corrected chi connectivity index (χ2v) is 15.8. The molecule has 5 N–H and O–H groups in total. The summed E-state index contributed by atoms with van der Waals surface area (Å²) < 4.78 is 0.978. The van der Waals surface area contributed by atoms with Gasteiger partial charge in [0.1, 0.15) is 6.17 Å². The lowest BCUT2D eigenvalue weighted by molar-refractivity contribution is -0.152. The van der Waals surface area contributed by atoms with Gasteiger partial charge in [-0.2, -0.15) is 5.48 Å². The van der Waals surface area contributed by atoms with Gasteiger partial charge in [0.05, 0.1) is 17.3 Å². The summed E-state index contributed by atoms with van der Waals surface area (Å²) >= 11 is 3.63. The molecular formula is C40H50BrN5O5. The summed E-state index contributed by atoms with van der Waals surface area (Å²) in [5.74, 6) is -0.481.